The number of nitrogens with zero attached hydrogens (tertiary/aromatic N) is 7. The molecule has 7 aromatic rings. The first-order chi connectivity index (χ1) is 37.7. The van der Waals surface area contributed by atoms with Gasteiger partial charge in [-0.15, -0.1) is 0 Å². The Labute approximate surface area is 493 Å². The number of nitrogens with two attached hydrogens (primary N) is 1. The zero-order valence-electron chi connectivity index (χ0n) is 47.5. The number of pyridine rings is 2. The predicted octanol–water partition coefficient (Wildman–Crippen LogP) is 15.3. The number of rotatable bonds is 14. The van der Waals surface area contributed by atoms with Crippen LogP contribution >= 0.6 is 12.2 Å². The van der Waals surface area contributed by atoms with Crippen LogP contribution in [0.4, 0.5) is 40.3 Å². The highest BCUT2D eigenvalue weighted by molar-refractivity contribution is 7.78. The number of fused-ring (bicyclic) bond motifs is 1. The third kappa shape index (κ3) is 20.1. The predicted molar refractivity (Wildman–Crippen MR) is 345 cm³/mol. The number of piperidine rings is 2. The molecule has 4 aromatic carbocycles. The van der Waals surface area contributed by atoms with Gasteiger partial charge in [0.2, 0.25) is 17.8 Å². The van der Waals surface area contributed by atoms with Crippen molar-refractivity contribution in [1.29, 1.82) is 0 Å². The van der Waals surface area contributed by atoms with Gasteiger partial charge in [0.05, 0.1) is 46.3 Å². The minimum Gasteiger partial charge on any atom is -0.457 e. The number of thiocarbonyl (C=S) groups is 1. The number of hydrogen-bond donors (Lipinski definition) is 5. The van der Waals surface area contributed by atoms with Gasteiger partial charge < -0.3 is 41.0 Å². The van der Waals surface area contributed by atoms with Crippen molar-refractivity contribution in [3.05, 3.63) is 133 Å². The molecule has 9 rings (SSSR count). The second-order valence-corrected chi connectivity index (χ2v) is 22.8. The molecule has 0 unspecified atom stereocenters. The van der Waals surface area contributed by atoms with E-state index < -0.39 is 0 Å². The van der Waals surface area contributed by atoms with E-state index in [0.717, 1.165) is 97.7 Å². The fraction of sp³-hybridized carbons (Fsp3) is 0.415. The molecule has 2 amide bonds. The van der Waals surface area contributed by atoms with Gasteiger partial charge in [-0.05, 0) is 159 Å². The molecule has 5 heterocycles. The second kappa shape index (κ2) is 30.9. The van der Waals surface area contributed by atoms with Crippen LogP contribution in [0.3, 0.4) is 0 Å². The molecule has 2 fully saturated rings. The van der Waals surface area contributed by atoms with Gasteiger partial charge in [-0.25, -0.2) is 15.0 Å². The van der Waals surface area contributed by atoms with Crippen LogP contribution in [0.1, 0.15) is 114 Å². The average Bonchev–Trinajstić information content (AvgIpc) is 3.97. The number of isothiocyanates is 1. The van der Waals surface area contributed by atoms with Crippen LogP contribution in [0.15, 0.2) is 127 Å². The van der Waals surface area contributed by atoms with Crippen LogP contribution < -0.4 is 36.5 Å². The van der Waals surface area contributed by atoms with Gasteiger partial charge in [0.1, 0.15) is 34.6 Å². The molecule has 440 valence electrons. The first kappa shape index (κ1) is 66.8. The number of imidazole rings is 1. The summed E-state index contributed by atoms with van der Waals surface area (Å²) in [4.78, 5) is 46.5. The van der Waals surface area contributed by atoms with Crippen molar-refractivity contribution in [3.63, 3.8) is 0 Å². The molecule has 17 heteroatoms. The summed E-state index contributed by atoms with van der Waals surface area (Å²) in [6.45, 7) is 22.3. The quantitative estimate of drug-likeness (QED) is 0.0393. The summed E-state index contributed by atoms with van der Waals surface area (Å²) < 4.78 is 14.0. The number of nitrogens with one attached hydrogen (secondary N) is 4. The smallest absolute Gasteiger partial charge is 0.239 e. The van der Waals surface area contributed by atoms with Gasteiger partial charge in [0.25, 0.3) is 0 Å². The number of aryl methyl sites for hydroxylation is 1. The summed E-state index contributed by atoms with van der Waals surface area (Å²) >= 11 is 4.55. The van der Waals surface area contributed by atoms with E-state index in [9.17, 15) is 9.59 Å². The normalized spacial score (nSPS) is 13.8. The Kier molecular flexibility index (Phi) is 25.2. The standard InChI is InChI=1S/C31H38N6O2.C20H27N5O2.C11H13NS.3CH4/c1-21-12-15-37(16-13-21)20-29(38)35-28-19-25(11-14-32-28)39-24-9-10-27-26(18-24)34-30(36(27)5)33-23-8-6-7-22(17-23)31(2,3)4;1-14-6-9-25(10-7-14)13-20(26)24-19-12-16(5-8-23-19)27-15-3-4-18(22-2)17(21)11-15;1-11(2,3)9-5-4-6-10(7-9)12-8-13;;;/h6-11,14,17-19,21H,12-13,15-16,20H2,1-5H3,(H,33,34)(H,32,35,38);3-5,8,11-12,14,22H,6-7,9-10,13,21H2,1-2H3,(H,23,24,26);4-7H,1-3H3;3*1H4. The average molecular weight is 1140 g/mol. The number of nitrogen functional groups attached to an aromatic ring is 1. The first-order valence-corrected chi connectivity index (χ1v) is 27.5. The molecule has 0 saturated carbocycles. The van der Waals surface area contributed by atoms with E-state index in [4.69, 9.17) is 20.2 Å². The molecule has 2 saturated heterocycles. The van der Waals surface area contributed by atoms with Crippen molar-refractivity contribution in [2.24, 2.45) is 23.9 Å². The van der Waals surface area contributed by atoms with E-state index in [1.165, 1.54) is 11.1 Å². The Hall–Kier alpha value is -7.69. The van der Waals surface area contributed by atoms with E-state index in [1.54, 1.807) is 42.7 Å². The minimum absolute atomic E-state index is 0. The fourth-order valence-corrected chi connectivity index (χ4v) is 9.15. The Balaban J connectivity index is 0.000000292. The zero-order valence-corrected chi connectivity index (χ0v) is 48.3. The number of carbonyl (C=O) groups excluding carboxylic acids is 2. The van der Waals surface area contributed by atoms with Crippen molar-refractivity contribution in [3.8, 4) is 23.0 Å². The highest BCUT2D eigenvalue weighted by Gasteiger charge is 2.21. The third-order valence-electron chi connectivity index (χ3n) is 14.0. The zero-order chi connectivity index (χ0) is 56.7. The van der Waals surface area contributed by atoms with Crippen molar-refractivity contribution in [2.75, 3.05) is 73.3 Å². The van der Waals surface area contributed by atoms with Crippen LogP contribution in [-0.2, 0) is 27.5 Å². The second-order valence-electron chi connectivity index (χ2n) is 22.6. The lowest BCUT2D eigenvalue weighted by Crippen LogP contribution is -2.38. The van der Waals surface area contributed by atoms with Crippen LogP contribution in [-0.4, -0.2) is 92.6 Å². The number of anilines is 6. The van der Waals surface area contributed by atoms with Gasteiger partial charge >= 0.3 is 0 Å². The summed E-state index contributed by atoms with van der Waals surface area (Å²) in [7, 11) is 3.81. The maximum Gasteiger partial charge on any atom is 0.239 e. The Morgan fingerprint density at radius 1 is 0.671 bits per heavy atom. The van der Waals surface area contributed by atoms with Crippen molar-refractivity contribution in [2.45, 2.75) is 114 Å². The van der Waals surface area contributed by atoms with Gasteiger partial charge in [0.15, 0.2) is 0 Å². The number of ether oxygens (including phenoxy) is 2. The van der Waals surface area contributed by atoms with Crippen LogP contribution in [0, 0.1) is 11.8 Å². The van der Waals surface area contributed by atoms with Crippen molar-refractivity contribution in [1.82, 2.24) is 29.3 Å². The SMILES string of the molecule is C.C.C.CC(C)(C)c1cccc(N=C=S)c1.CC1CCN(CC(=O)Nc2cc(Oc3ccc4c(c3)nc(Nc3cccc(C(C)(C)C)c3)n4C)ccn2)CC1.CNc1ccc(Oc2ccnc(NC(=O)CN3CCC(C)CC3)c2)cc1N. The maximum absolute atomic E-state index is 12.6. The summed E-state index contributed by atoms with van der Waals surface area (Å²) in [5.41, 5.74) is 13.9. The van der Waals surface area contributed by atoms with Gasteiger partial charge in [-0.2, -0.15) is 4.99 Å². The summed E-state index contributed by atoms with van der Waals surface area (Å²) in [6, 6.07) is 34.7. The highest BCUT2D eigenvalue weighted by Crippen LogP contribution is 2.32. The number of likely N-dealkylation sites (tertiary alicyclic amines) is 2. The van der Waals surface area contributed by atoms with E-state index in [-0.39, 0.29) is 44.9 Å². The molecule has 6 N–H and O–H groups in total. The molecule has 82 heavy (non-hydrogen) atoms. The van der Waals surface area contributed by atoms with E-state index in [0.29, 0.717) is 53.4 Å². The molecule has 2 aliphatic heterocycles. The van der Waals surface area contributed by atoms with Gasteiger partial charge in [-0.3, -0.25) is 19.4 Å². The molecule has 16 nitrogen and oxygen atoms in total. The van der Waals surface area contributed by atoms with Gasteiger partial charge in [-0.1, -0.05) is 102 Å². The number of aromatic nitrogens is 4. The van der Waals surface area contributed by atoms with Crippen molar-refractivity contribution < 1.29 is 19.1 Å². The van der Waals surface area contributed by atoms with Gasteiger partial charge in [0, 0.05) is 56.4 Å². The molecule has 2 aliphatic rings. The Bertz CT molecular complexity index is 3220. The molecule has 0 spiro atoms. The number of carbonyl (C=O) groups is 2. The molecule has 0 radical (unpaired) electrons. The lowest BCUT2D eigenvalue weighted by atomic mass is 9.87. The van der Waals surface area contributed by atoms with E-state index in [1.807, 2.05) is 67.2 Å². The van der Waals surface area contributed by atoms with Crippen molar-refractivity contribution >= 4 is 80.6 Å². The van der Waals surface area contributed by atoms with E-state index >= 15 is 0 Å². The monoisotopic (exact) mass is 1130 g/mol. The van der Waals surface area contributed by atoms with Crippen LogP contribution in [0.5, 0.6) is 23.0 Å². The molecule has 0 atom stereocenters. The topological polar surface area (TPSA) is 189 Å². The Morgan fingerprint density at radius 2 is 1.16 bits per heavy atom. The molecule has 0 bridgehead atoms. The molecule has 0 aliphatic carbocycles. The summed E-state index contributed by atoms with van der Waals surface area (Å²) in [5.74, 6) is 5.54. The van der Waals surface area contributed by atoms with Crippen LogP contribution in [0.25, 0.3) is 11.0 Å². The summed E-state index contributed by atoms with van der Waals surface area (Å²) in [6.07, 6.45) is 7.81. The lowest BCUT2D eigenvalue weighted by molar-refractivity contribution is -0.118. The first-order valence-electron chi connectivity index (χ1n) is 27.1. The molecular weight excluding hydrogens is 1040 g/mol. The molecular formula is C65H90N12O4S. The molecule has 3 aromatic heterocycles. The van der Waals surface area contributed by atoms with E-state index in [2.05, 4.69) is 149 Å². The number of amides is 2. The Morgan fingerprint density at radius 3 is 1.66 bits per heavy atom. The largest absolute Gasteiger partial charge is 0.457 e. The third-order valence-corrected chi connectivity index (χ3v) is 14.1. The van der Waals surface area contributed by atoms with Crippen LogP contribution in [0.2, 0.25) is 0 Å². The minimum atomic E-state index is -0.0585. The fourth-order valence-electron chi connectivity index (χ4n) is 9.04. The number of hydrogen-bond acceptors (Lipinski definition) is 14. The summed E-state index contributed by atoms with van der Waals surface area (Å²) in [5, 5.41) is 14.6. The maximum atomic E-state index is 12.6. The highest BCUT2D eigenvalue weighted by atomic mass is 32.1. The lowest BCUT2D eigenvalue weighted by Gasteiger charge is -2.29. The number of benzene rings is 4. The number of aliphatic imine (C=N–C) groups is 1.